The number of anilines is 1. The van der Waals surface area contributed by atoms with Crippen molar-refractivity contribution in [2.45, 2.75) is 53.0 Å². The molecule has 3 rings (SSSR count). The SMILES string of the molecule is CCc1cc2c(=O)n(C(C)C(=O)Nc3c(CC)cccc3CC)c(=S)[nH]c2s1. The third-order valence-corrected chi connectivity index (χ3v) is 6.53. The number of aromatic nitrogens is 2. The second-order valence-corrected chi connectivity index (χ2v) is 8.26. The average Bonchev–Trinajstić information content (AvgIpc) is 3.11. The number of carbonyl (C=O) groups is 1. The molecule has 28 heavy (non-hydrogen) atoms. The number of benzene rings is 1. The van der Waals surface area contributed by atoms with Crippen LogP contribution in [0.5, 0.6) is 0 Å². The zero-order valence-corrected chi connectivity index (χ0v) is 18.2. The largest absolute Gasteiger partial charge is 0.324 e. The molecule has 0 aliphatic heterocycles. The van der Waals surface area contributed by atoms with E-state index in [-0.39, 0.29) is 16.2 Å². The van der Waals surface area contributed by atoms with Crippen molar-refractivity contribution in [3.63, 3.8) is 0 Å². The van der Waals surface area contributed by atoms with E-state index >= 15 is 0 Å². The second kappa shape index (κ2) is 8.41. The Morgan fingerprint density at radius 2 is 1.86 bits per heavy atom. The molecule has 3 aromatic rings. The molecule has 2 aromatic heterocycles. The molecule has 1 atom stereocenters. The van der Waals surface area contributed by atoms with Gasteiger partial charge in [-0.1, -0.05) is 39.0 Å². The Balaban J connectivity index is 2.01. The fraction of sp³-hybridized carbons (Fsp3) is 0.381. The molecule has 2 N–H and O–H groups in total. The maximum absolute atomic E-state index is 13.0. The van der Waals surface area contributed by atoms with Crippen LogP contribution in [0.3, 0.4) is 0 Å². The standard InChI is InChI=1S/C21H25N3O2S2/c1-5-13-9-8-10-14(6-2)17(13)22-18(25)12(4)24-20(26)16-11-15(7-3)28-19(16)23-21(24)27/h8-12H,5-7H2,1-4H3,(H,22,25)(H,23,27). The molecule has 1 unspecified atom stereocenters. The molecule has 148 valence electrons. The van der Waals surface area contributed by atoms with Gasteiger partial charge < -0.3 is 10.3 Å². The molecule has 0 aliphatic rings. The van der Waals surface area contributed by atoms with Gasteiger partial charge in [0.15, 0.2) is 4.77 Å². The maximum Gasteiger partial charge on any atom is 0.263 e. The van der Waals surface area contributed by atoms with Crippen LogP contribution in [0.15, 0.2) is 29.1 Å². The zero-order chi connectivity index (χ0) is 20.4. The highest BCUT2D eigenvalue weighted by atomic mass is 32.1. The minimum atomic E-state index is -0.722. The molecule has 0 spiro atoms. The monoisotopic (exact) mass is 415 g/mol. The first-order valence-electron chi connectivity index (χ1n) is 9.60. The van der Waals surface area contributed by atoms with E-state index in [1.165, 1.54) is 15.9 Å². The fourth-order valence-corrected chi connectivity index (χ4v) is 4.74. The van der Waals surface area contributed by atoms with Gasteiger partial charge in [-0.2, -0.15) is 0 Å². The first-order chi connectivity index (χ1) is 13.4. The number of hydrogen-bond acceptors (Lipinski definition) is 4. The van der Waals surface area contributed by atoms with Crippen LogP contribution in [0.4, 0.5) is 5.69 Å². The van der Waals surface area contributed by atoms with Gasteiger partial charge in [0.2, 0.25) is 5.91 Å². The van der Waals surface area contributed by atoms with E-state index in [1.807, 2.05) is 31.2 Å². The van der Waals surface area contributed by atoms with Gasteiger partial charge in [0, 0.05) is 10.6 Å². The predicted octanol–water partition coefficient (Wildman–Crippen LogP) is 5.01. The Morgan fingerprint density at radius 3 is 2.43 bits per heavy atom. The van der Waals surface area contributed by atoms with Crippen molar-refractivity contribution < 1.29 is 4.79 Å². The molecule has 0 radical (unpaired) electrons. The molecule has 7 heteroatoms. The Kier molecular flexibility index (Phi) is 6.15. The van der Waals surface area contributed by atoms with Crippen molar-refractivity contribution in [3.05, 3.63) is 55.4 Å². The topological polar surface area (TPSA) is 66.9 Å². The number of thiophene rings is 1. The van der Waals surface area contributed by atoms with Gasteiger partial charge in [-0.3, -0.25) is 14.2 Å². The number of aryl methyl sites for hydroxylation is 3. The summed E-state index contributed by atoms with van der Waals surface area (Å²) in [6.07, 6.45) is 2.49. The van der Waals surface area contributed by atoms with E-state index in [0.29, 0.717) is 5.39 Å². The van der Waals surface area contributed by atoms with E-state index in [0.717, 1.165) is 45.8 Å². The maximum atomic E-state index is 13.0. The lowest BCUT2D eigenvalue weighted by Crippen LogP contribution is -2.33. The highest BCUT2D eigenvalue weighted by Gasteiger charge is 2.21. The van der Waals surface area contributed by atoms with Crippen LogP contribution in [-0.4, -0.2) is 15.5 Å². The summed E-state index contributed by atoms with van der Waals surface area (Å²) in [4.78, 5) is 31.0. The summed E-state index contributed by atoms with van der Waals surface area (Å²) in [5.74, 6) is -0.248. The highest BCUT2D eigenvalue weighted by molar-refractivity contribution is 7.71. The lowest BCUT2D eigenvalue weighted by Gasteiger charge is -2.19. The van der Waals surface area contributed by atoms with Crippen LogP contribution in [0.2, 0.25) is 0 Å². The van der Waals surface area contributed by atoms with E-state index in [9.17, 15) is 9.59 Å². The first kappa shape index (κ1) is 20.5. The molecule has 1 aromatic carbocycles. The minimum absolute atomic E-state index is 0.225. The van der Waals surface area contributed by atoms with Crippen molar-refractivity contribution in [3.8, 4) is 0 Å². The van der Waals surface area contributed by atoms with E-state index in [1.54, 1.807) is 6.92 Å². The van der Waals surface area contributed by atoms with Crippen LogP contribution in [0, 0.1) is 4.77 Å². The zero-order valence-electron chi connectivity index (χ0n) is 16.6. The quantitative estimate of drug-likeness (QED) is 0.556. The minimum Gasteiger partial charge on any atom is -0.324 e. The number of hydrogen-bond donors (Lipinski definition) is 2. The fourth-order valence-electron chi connectivity index (χ4n) is 3.35. The average molecular weight is 416 g/mol. The van der Waals surface area contributed by atoms with Gasteiger partial charge in [0.1, 0.15) is 10.9 Å². The molecule has 1 amide bonds. The molecule has 2 heterocycles. The number of amides is 1. The third-order valence-electron chi connectivity index (χ3n) is 5.03. The van der Waals surface area contributed by atoms with Gasteiger partial charge >= 0.3 is 0 Å². The number of rotatable bonds is 6. The van der Waals surface area contributed by atoms with Gasteiger partial charge in [0.05, 0.1) is 5.39 Å². The van der Waals surface area contributed by atoms with Crippen LogP contribution < -0.4 is 10.9 Å². The Bertz CT molecular complexity index is 1120. The molecular weight excluding hydrogens is 390 g/mol. The highest BCUT2D eigenvalue weighted by Crippen LogP contribution is 2.25. The molecule has 0 bridgehead atoms. The van der Waals surface area contributed by atoms with E-state index < -0.39 is 6.04 Å². The summed E-state index contributed by atoms with van der Waals surface area (Å²) in [6.45, 7) is 7.87. The Morgan fingerprint density at radius 1 is 1.21 bits per heavy atom. The van der Waals surface area contributed by atoms with Gasteiger partial charge in [-0.25, -0.2) is 0 Å². The van der Waals surface area contributed by atoms with Crippen molar-refractivity contribution in [2.75, 3.05) is 5.32 Å². The Labute approximate surface area is 173 Å². The molecule has 0 aliphatic carbocycles. The van der Waals surface area contributed by atoms with Crippen molar-refractivity contribution in [1.82, 2.24) is 9.55 Å². The van der Waals surface area contributed by atoms with Gasteiger partial charge in [-0.15, -0.1) is 11.3 Å². The number of para-hydroxylation sites is 1. The van der Waals surface area contributed by atoms with Crippen molar-refractivity contribution in [1.29, 1.82) is 0 Å². The third kappa shape index (κ3) is 3.69. The number of H-pyrrole nitrogens is 1. The smallest absolute Gasteiger partial charge is 0.263 e. The molecule has 0 saturated heterocycles. The summed E-state index contributed by atoms with van der Waals surface area (Å²) >= 11 is 6.93. The lowest BCUT2D eigenvalue weighted by atomic mass is 10.0. The molecule has 0 fully saturated rings. The van der Waals surface area contributed by atoms with Gasteiger partial charge in [0.25, 0.3) is 5.56 Å². The van der Waals surface area contributed by atoms with Crippen LogP contribution >= 0.6 is 23.6 Å². The second-order valence-electron chi connectivity index (χ2n) is 6.74. The number of nitrogens with zero attached hydrogens (tertiary/aromatic N) is 1. The van der Waals surface area contributed by atoms with Crippen LogP contribution in [-0.2, 0) is 24.1 Å². The van der Waals surface area contributed by atoms with Crippen molar-refractivity contribution in [2.24, 2.45) is 0 Å². The normalized spacial score (nSPS) is 12.3. The van der Waals surface area contributed by atoms with E-state index in [4.69, 9.17) is 12.2 Å². The molecular formula is C21H25N3O2S2. The van der Waals surface area contributed by atoms with E-state index in [2.05, 4.69) is 24.1 Å². The summed E-state index contributed by atoms with van der Waals surface area (Å²) in [6, 6.07) is 7.20. The number of fused-ring (bicyclic) bond motifs is 1. The number of aromatic amines is 1. The first-order valence-corrected chi connectivity index (χ1v) is 10.8. The lowest BCUT2D eigenvalue weighted by molar-refractivity contribution is -0.118. The molecule has 5 nitrogen and oxygen atoms in total. The number of carbonyl (C=O) groups excluding carboxylic acids is 1. The van der Waals surface area contributed by atoms with Gasteiger partial charge in [-0.05, 0) is 55.6 Å². The summed E-state index contributed by atoms with van der Waals surface area (Å²) in [5.41, 5.74) is 2.78. The Hall–Kier alpha value is -2.25. The van der Waals surface area contributed by atoms with Crippen LogP contribution in [0.1, 0.15) is 49.7 Å². The summed E-state index contributed by atoms with van der Waals surface area (Å²) in [5, 5.41) is 3.62. The summed E-state index contributed by atoms with van der Waals surface area (Å²) in [7, 11) is 0. The predicted molar refractivity (Wildman–Crippen MR) is 119 cm³/mol. The summed E-state index contributed by atoms with van der Waals surface area (Å²) < 4.78 is 1.64. The van der Waals surface area contributed by atoms with Crippen molar-refractivity contribution >= 4 is 45.4 Å². The number of nitrogens with one attached hydrogen (secondary N) is 2. The van der Waals surface area contributed by atoms with Crippen LogP contribution in [0.25, 0.3) is 10.2 Å². The molecule has 0 saturated carbocycles.